The number of hydrogen-bond donors (Lipinski definition) is 1. The molecule has 6 heteroatoms. The van der Waals surface area contributed by atoms with Crippen molar-refractivity contribution in [2.45, 2.75) is 19.5 Å². The molecule has 0 aliphatic rings. The molecule has 0 spiro atoms. The van der Waals surface area contributed by atoms with Gasteiger partial charge in [0, 0.05) is 19.2 Å². The van der Waals surface area contributed by atoms with Crippen LogP contribution in [0.5, 0.6) is 0 Å². The zero-order chi connectivity index (χ0) is 14.2. The van der Waals surface area contributed by atoms with Crippen molar-refractivity contribution in [3.05, 3.63) is 46.8 Å². The second kappa shape index (κ2) is 4.60. The fourth-order valence-corrected chi connectivity index (χ4v) is 1.94. The molecule has 102 valence electrons. The molecule has 0 unspecified atom stereocenters. The van der Waals surface area contributed by atoms with Crippen LogP contribution in [0.3, 0.4) is 0 Å². The van der Waals surface area contributed by atoms with Gasteiger partial charge in [-0.2, -0.15) is 13.2 Å². The van der Waals surface area contributed by atoms with Gasteiger partial charge in [-0.25, -0.2) is 4.98 Å². The lowest BCUT2D eigenvalue weighted by Crippen LogP contribution is -2.05. The fourth-order valence-electron chi connectivity index (χ4n) is 1.94. The number of alkyl halides is 3. The van der Waals surface area contributed by atoms with E-state index in [9.17, 15) is 13.2 Å². The molecular formula is C13H14F3N3. The molecule has 2 N–H and O–H groups in total. The van der Waals surface area contributed by atoms with Crippen molar-refractivity contribution in [2.75, 3.05) is 5.73 Å². The summed E-state index contributed by atoms with van der Waals surface area (Å²) in [7, 11) is 1.79. The maximum Gasteiger partial charge on any atom is 0.416 e. The number of halogens is 3. The average Bonchev–Trinajstić information content (AvgIpc) is 2.56. The SMILES string of the molecule is Cc1nc(N)n(C)c1Cc1ccc(C(F)(F)F)cc1. The Kier molecular flexibility index (Phi) is 3.26. The van der Waals surface area contributed by atoms with Gasteiger partial charge in [-0.15, -0.1) is 0 Å². The smallest absolute Gasteiger partial charge is 0.369 e. The Balaban J connectivity index is 2.25. The summed E-state index contributed by atoms with van der Waals surface area (Å²) in [6.45, 7) is 1.83. The monoisotopic (exact) mass is 269 g/mol. The summed E-state index contributed by atoms with van der Waals surface area (Å²) in [5.74, 6) is 0.402. The van der Waals surface area contributed by atoms with Gasteiger partial charge in [0.2, 0.25) is 0 Å². The number of benzene rings is 1. The molecule has 0 saturated carbocycles. The Bertz CT molecular complexity index is 582. The van der Waals surface area contributed by atoms with Crippen LogP contribution in [0, 0.1) is 6.92 Å². The number of anilines is 1. The van der Waals surface area contributed by atoms with Gasteiger partial charge in [0.15, 0.2) is 5.95 Å². The van der Waals surface area contributed by atoms with Crippen LogP contribution < -0.4 is 5.73 Å². The number of nitrogens with zero attached hydrogens (tertiary/aromatic N) is 2. The van der Waals surface area contributed by atoms with Gasteiger partial charge in [-0.1, -0.05) is 12.1 Å². The molecule has 3 nitrogen and oxygen atoms in total. The second-order valence-electron chi connectivity index (χ2n) is 4.43. The van der Waals surface area contributed by atoms with E-state index in [1.165, 1.54) is 12.1 Å². The Morgan fingerprint density at radius 2 is 1.79 bits per heavy atom. The van der Waals surface area contributed by atoms with Crippen molar-refractivity contribution in [2.24, 2.45) is 7.05 Å². The Morgan fingerprint density at radius 3 is 2.21 bits per heavy atom. The molecule has 0 radical (unpaired) electrons. The van der Waals surface area contributed by atoms with Gasteiger partial charge >= 0.3 is 6.18 Å². The van der Waals surface area contributed by atoms with Crippen LogP contribution in [0.2, 0.25) is 0 Å². The fraction of sp³-hybridized carbons (Fsp3) is 0.308. The molecule has 2 rings (SSSR count). The lowest BCUT2D eigenvalue weighted by molar-refractivity contribution is -0.137. The third-order valence-electron chi connectivity index (χ3n) is 3.10. The van der Waals surface area contributed by atoms with Crippen LogP contribution in [-0.2, 0) is 19.6 Å². The molecular weight excluding hydrogens is 255 g/mol. The van der Waals surface area contributed by atoms with Gasteiger partial charge in [-0.05, 0) is 24.6 Å². The van der Waals surface area contributed by atoms with Crippen LogP contribution in [0.1, 0.15) is 22.5 Å². The van der Waals surface area contributed by atoms with Crippen LogP contribution in [-0.4, -0.2) is 9.55 Å². The zero-order valence-electron chi connectivity index (χ0n) is 10.6. The Hall–Kier alpha value is -1.98. The number of rotatable bonds is 2. The van der Waals surface area contributed by atoms with Crippen molar-refractivity contribution in [3.8, 4) is 0 Å². The van der Waals surface area contributed by atoms with Crippen molar-refractivity contribution in [1.82, 2.24) is 9.55 Å². The van der Waals surface area contributed by atoms with Crippen molar-refractivity contribution in [3.63, 3.8) is 0 Å². The molecule has 0 amide bonds. The summed E-state index contributed by atoms with van der Waals surface area (Å²) in [5.41, 5.74) is 7.52. The van der Waals surface area contributed by atoms with Gasteiger partial charge in [-0.3, -0.25) is 0 Å². The maximum atomic E-state index is 12.4. The summed E-state index contributed by atoms with van der Waals surface area (Å²) in [5, 5.41) is 0. The van der Waals surface area contributed by atoms with Crippen LogP contribution in [0.4, 0.5) is 19.1 Å². The first-order valence-corrected chi connectivity index (χ1v) is 5.73. The van der Waals surface area contributed by atoms with E-state index < -0.39 is 11.7 Å². The van der Waals surface area contributed by atoms with Crippen molar-refractivity contribution in [1.29, 1.82) is 0 Å². The quantitative estimate of drug-likeness (QED) is 0.911. The highest BCUT2D eigenvalue weighted by Crippen LogP contribution is 2.29. The molecule has 1 aromatic carbocycles. The third kappa shape index (κ3) is 2.72. The summed E-state index contributed by atoms with van der Waals surface area (Å²) in [4.78, 5) is 4.12. The van der Waals surface area contributed by atoms with E-state index in [0.29, 0.717) is 12.4 Å². The highest BCUT2D eigenvalue weighted by atomic mass is 19.4. The van der Waals surface area contributed by atoms with E-state index in [2.05, 4.69) is 4.98 Å². The highest BCUT2D eigenvalue weighted by molar-refractivity contribution is 5.33. The molecule has 0 saturated heterocycles. The third-order valence-corrected chi connectivity index (χ3v) is 3.10. The number of nitrogen functional groups attached to an aromatic ring is 1. The molecule has 0 atom stereocenters. The Labute approximate surface area is 108 Å². The number of aromatic nitrogens is 2. The predicted octanol–water partition coefficient (Wildman–Crippen LogP) is 2.92. The van der Waals surface area contributed by atoms with Crippen LogP contribution >= 0.6 is 0 Å². The Morgan fingerprint density at radius 1 is 1.21 bits per heavy atom. The highest BCUT2D eigenvalue weighted by Gasteiger charge is 2.29. The zero-order valence-corrected chi connectivity index (χ0v) is 10.6. The van der Waals surface area contributed by atoms with E-state index in [1.54, 1.807) is 11.6 Å². The largest absolute Gasteiger partial charge is 0.416 e. The molecule has 0 aliphatic heterocycles. The van der Waals surface area contributed by atoms with E-state index in [4.69, 9.17) is 5.73 Å². The number of imidazole rings is 1. The molecule has 19 heavy (non-hydrogen) atoms. The van der Waals surface area contributed by atoms with Gasteiger partial charge in [0.05, 0.1) is 11.3 Å². The molecule has 1 heterocycles. The minimum atomic E-state index is -4.30. The van der Waals surface area contributed by atoms with E-state index in [1.807, 2.05) is 6.92 Å². The maximum absolute atomic E-state index is 12.4. The predicted molar refractivity (Wildman–Crippen MR) is 66.6 cm³/mol. The minimum absolute atomic E-state index is 0.402. The van der Waals surface area contributed by atoms with E-state index >= 15 is 0 Å². The van der Waals surface area contributed by atoms with Crippen LogP contribution in [0.25, 0.3) is 0 Å². The summed E-state index contributed by atoms with van der Waals surface area (Å²) >= 11 is 0. The number of hydrogen-bond acceptors (Lipinski definition) is 2. The normalized spacial score (nSPS) is 11.8. The van der Waals surface area contributed by atoms with Crippen molar-refractivity contribution >= 4 is 5.95 Å². The van der Waals surface area contributed by atoms with Gasteiger partial charge in [0.1, 0.15) is 0 Å². The molecule has 1 aromatic heterocycles. The first-order chi connectivity index (χ1) is 8.79. The van der Waals surface area contributed by atoms with Crippen molar-refractivity contribution < 1.29 is 13.2 Å². The molecule has 0 aliphatic carbocycles. The lowest BCUT2D eigenvalue weighted by atomic mass is 10.1. The number of nitrogens with two attached hydrogens (primary N) is 1. The number of aryl methyl sites for hydroxylation is 1. The summed E-state index contributed by atoms with van der Waals surface area (Å²) in [6, 6.07) is 5.13. The molecule has 0 bridgehead atoms. The summed E-state index contributed by atoms with van der Waals surface area (Å²) < 4.78 is 39.1. The van der Waals surface area contributed by atoms with Gasteiger partial charge < -0.3 is 10.3 Å². The minimum Gasteiger partial charge on any atom is -0.369 e. The van der Waals surface area contributed by atoms with Gasteiger partial charge in [0.25, 0.3) is 0 Å². The second-order valence-corrected chi connectivity index (χ2v) is 4.43. The first kappa shape index (κ1) is 13.5. The lowest BCUT2D eigenvalue weighted by Gasteiger charge is -2.08. The van der Waals surface area contributed by atoms with Crippen LogP contribution in [0.15, 0.2) is 24.3 Å². The van der Waals surface area contributed by atoms with E-state index in [-0.39, 0.29) is 0 Å². The topological polar surface area (TPSA) is 43.8 Å². The first-order valence-electron chi connectivity index (χ1n) is 5.73. The molecule has 0 fully saturated rings. The summed E-state index contributed by atoms with van der Waals surface area (Å²) in [6.07, 6.45) is -3.80. The van der Waals surface area contributed by atoms with E-state index in [0.717, 1.165) is 29.1 Å². The standard InChI is InChI=1S/C13H14F3N3/c1-8-11(19(2)12(17)18-8)7-9-3-5-10(6-4-9)13(14,15)16/h3-6H,7H2,1-2H3,(H2,17,18). The molecule has 2 aromatic rings. The average molecular weight is 269 g/mol.